The molecule has 3 nitrogen and oxygen atoms in total. The van der Waals surface area contributed by atoms with E-state index in [4.69, 9.17) is 0 Å². The Bertz CT molecular complexity index is 466. The summed E-state index contributed by atoms with van der Waals surface area (Å²) in [6.07, 6.45) is 6.25. The first-order valence-corrected chi connectivity index (χ1v) is 10.3. The second-order valence-corrected chi connectivity index (χ2v) is 8.60. The number of ketones is 2. The van der Waals surface area contributed by atoms with Gasteiger partial charge in [-0.05, 0) is 43.8 Å². The molecule has 1 saturated heterocycles. The van der Waals surface area contributed by atoms with Gasteiger partial charge >= 0.3 is 0 Å². The summed E-state index contributed by atoms with van der Waals surface area (Å²) in [5.74, 6) is 1.71. The quantitative estimate of drug-likeness (QED) is 0.622. The molecule has 1 aliphatic carbocycles. The van der Waals surface area contributed by atoms with E-state index in [2.05, 4.69) is 18.7 Å². The van der Waals surface area contributed by atoms with Crippen LogP contribution in [0.25, 0.3) is 0 Å². The molecule has 130 valence electrons. The maximum Gasteiger partial charge on any atom is 0.168 e. The molecular weight excluding hydrogens is 306 g/mol. The Labute approximate surface area is 145 Å². The number of carbonyl (C=O) groups is 2. The van der Waals surface area contributed by atoms with Crippen LogP contribution in [-0.4, -0.2) is 40.6 Å². The van der Waals surface area contributed by atoms with Gasteiger partial charge in [-0.1, -0.05) is 20.8 Å². The highest BCUT2D eigenvalue weighted by atomic mass is 32.2. The minimum Gasteiger partial charge on any atom is -0.374 e. The van der Waals surface area contributed by atoms with Crippen molar-refractivity contribution in [3.05, 3.63) is 11.3 Å². The van der Waals surface area contributed by atoms with E-state index in [1.54, 1.807) is 0 Å². The van der Waals surface area contributed by atoms with E-state index < -0.39 is 0 Å². The van der Waals surface area contributed by atoms with E-state index in [0.717, 1.165) is 43.8 Å². The molecule has 0 unspecified atom stereocenters. The fraction of sp³-hybridized carbons (Fsp3) is 0.789. The van der Waals surface area contributed by atoms with Crippen LogP contribution < -0.4 is 0 Å². The molecule has 2 atom stereocenters. The first kappa shape index (κ1) is 18.6. The van der Waals surface area contributed by atoms with Crippen molar-refractivity contribution in [2.45, 2.75) is 71.0 Å². The summed E-state index contributed by atoms with van der Waals surface area (Å²) >= 11 is 1.97. The first-order valence-electron chi connectivity index (χ1n) is 9.22. The van der Waals surface area contributed by atoms with Gasteiger partial charge in [0, 0.05) is 36.9 Å². The molecule has 4 heteroatoms. The molecule has 1 heterocycles. The van der Waals surface area contributed by atoms with Crippen molar-refractivity contribution in [1.82, 2.24) is 4.90 Å². The van der Waals surface area contributed by atoms with Gasteiger partial charge in [0.1, 0.15) is 0 Å². The Morgan fingerprint density at radius 2 is 1.96 bits per heavy atom. The Kier molecular flexibility index (Phi) is 7.19. The summed E-state index contributed by atoms with van der Waals surface area (Å²) in [6, 6.07) is 0. The molecule has 1 aliphatic heterocycles. The second kappa shape index (κ2) is 8.91. The predicted octanol–water partition coefficient (Wildman–Crippen LogP) is 4.22. The molecule has 2 rings (SSSR count). The lowest BCUT2D eigenvalue weighted by Gasteiger charge is -2.33. The fourth-order valence-electron chi connectivity index (χ4n) is 3.90. The highest BCUT2D eigenvalue weighted by Crippen LogP contribution is 2.36. The summed E-state index contributed by atoms with van der Waals surface area (Å²) in [5.41, 5.74) is 1.64. The number of hydrogen-bond donors (Lipinski definition) is 0. The number of Topliss-reactive ketones (excluding diaryl/α,β-unsaturated/α-hetero) is 2. The Balaban J connectivity index is 2.19. The molecule has 0 aromatic carbocycles. The molecule has 1 fully saturated rings. The van der Waals surface area contributed by atoms with Crippen LogP contribution in [0, 0.1) is 5.92 Å². The van der Waals surface area contributed by atoms with Crippen molar-refractivity contribution in [2.75, 3.05) is 18.8 Å². The summed E-state index contributed by atoms with van der Waals surface area (Å²) in [7, 11) is 0. The Morgan fingerprint density at radius 3 is 2.57 bits per heavy atom. The number of thioether (sulfide) groups is 1. The zero-order valence-electron chi connectivity index (χ0n) is 14.9. The van der Waals surface area contributed by atoms with E-state index >= 15 is 0 Å². The highest BCUT2D eigenvalue weighted by molar-refractivity contribution is 7.99. The monoisotopic (exact) mass is 337 g/mol. The molecule has 0 saturated carbocycles. The van der Waals surface area contributed by atoms with Crippen molar-refractivity contribution < 1.29 is 9.59 Å². The highest BCUT2D eigenvalue weighted by Gasteiger charge is 2.34. The number of likely N-dealkylation sites (tertiary alicyclic amines) is 1. The van der Waals surface area contributed by atoms with E-state index in [9.17, 15) is 9.59 Å². The van der Waals surface area contributed by atoms with Crippen LogP contribution >= 0.6 is 11.8 Å². The maximum atomic E-state index is 12.7. The van der Waals surface area contributed by atoms with E-state index in [-0.39, 0.29) is 11.6 Å². The molecule has 0 radical (unpaired) electrons. The van der Waals surface area contributed by atoms with Gasteiger partial charge < -0.3 is 4.90 Å². The average Bonchev–Trinajstić information content (AvgIpc) is 3.01. The molecule has 0 amide bonds. The van der Waals surface area contributed by atoms with E-state index in [0.29, 0.717) is 29.6 Å². The van der Waals surface area contributed by atoms with Crippen molar-refractivity contribution in [3.63, 3.8) is 0 Å². The lowest BCUT2D eigenvalue weighted by atomic mass is 9.81. The molecule has 0 aromatic rings. The second-order valence-electron chi connectivity index (χ2n) is 6.89. The van der Waals surface area contributed by atoms with Crippen LogP contribution in [0.1, 0.15) is 65.7 Å². The number of hydrogen-bond acceptors (Lipinski definition) is 4. The van der Waals surface area contributed by atoms with Crippen molar-refractivity contribution in [2.24, 2.45) is 5.92 Å². The third-order valence-corrected chi connectivity index (χ3v) is 5.98. The molecule has 2 aliphatic rings. The third kappa shape index (κ3) is 4.85. The molecular formula is C19H31NO2S. The topological polar surface area (TPSA) is 37.4 Å². The standard InChI is InChI=1S/C19H31NO2S/c1-4-8-17(21)19-16(20-9-6-7-10-20)12-15(13-18(19)22)11-14(3)23-5-2/h14-15H,4-13H2,1-3H3/t14-,15+/m0/s1. The Hall–Kier alpha value is -0.770. The summed E-state index contributed by atoms with van der Waals surface area (Å²) in [5, 5.41) is 0.588. The summed E-state index contributed by atoms with van der Waals surface area (Å²) in [6.45, 7) is 8.47. The van der Waals surface area contributed by atoms with Crippen molar-refractivity contribution in [3.8, 4) is 0 Å². The SMILES string of the molecule is CCCC(=O)C1=C(N2CCCC2)C[C@@H](C[C@H](C)SCC)CC1=O. The van der Waals surface area contributed by atoms with Crippen LogP contribution in [0.4, 0.5) is 0 Å². The smallest absolute Gasteiger partial charge is 0.168 e. The zero-order chi connectivity index (χ0) is 16.8. The van der Waals surface area contributed by atoms with Gasteiger partial charge in [-0.25, -0.2) is 0 Å². The van der Waals surface area contributed by atoms with Crippen LogP contribution in [-0.2, 0) is 9.59 Å². The average molecular weight is 338 g/mol. The van der Waals surface area contributed by atoms with Gasteiger partial charge in [0.05, 0.1) is 5.57 Å². The number of nitrogens with zero attached hydrogens (tertiary/aromatic N) is 1. The first-order chi connectivity index (χ1) is 11.1. The van der Waals surface area contributed by atoms with Crippen LogP contribution in [0.5, 0.6) is 0 Å². The largest absolute Gasteiger partial charge is 0.374 e. The van der Waals surface area contributed by atoms with Crippen molar-refractivity contribution in [1.29, 1.82) is 0 Å². The minimum absolute atomic E-state index is 0.0776. The van der Waals surface area contributed by atoms with Crippen molar-refractivity contribution >= 4 is 23.3 Å². The maximum absolute atomic E-state index is 12.7. The molecule has 23 heavy (non-hydrogen) atoms. The predicted molar refractivity (Wildman–Crippen MR) is 97.7 cm³/mol. The Morgan fingerprint density at radius 1 is 1.26 bits per heavy atom. The van der Waals surface area contributed by atoms with Gasteiger partial charge in [0.2, 0.25) is 0 Å². The fourth-order valence-corrected chi connectivity index (χ4v) is 4.88. The summed E-state index contributed by atoms with van der Waals surface area (Å²) < 4.78 is 0. The molecule has 0 aromatic heterocycles. The number of carbonyl (C=O) groups excluding carboxylic acids is 2. The lowest BCUT2D eigenvalue weighted by molar-refractivity contribution is -0.122. The van der Waals surface area contributed by atoms with Crippen LogP contribution in [0.15, 0.2) is 11.3 Å². The van der Waals surface area contributed by atoms with Gasteiger partial charge in [0.15, 0.2) is 11.6 Å². The lowest BCUT2D eigenvalue weighted by Crippen LogP contribution is -2.33. The van der Waals surface area contributed by atoms with Gasteiger partial charge in [-0.2, -0.15) is 11.8 Å². The molecule has 0 spiro atoms. The number of allylic oxidation sites excluding steroid dienone is 2. The molecule has 0 bridgehead atoms. The van der Waals surface area contributed by atoms with Gasteiger partial charge in [0.25, 0.3) is 0 Å². The van der Waals surface area contributed by atoms with Crippen LogP contribution in [0.3, 0.4) is 0 Å². The van der Waals surface area contributed by atoms with Gasteiger partial charge in [-0.3, -0.25) is 9.59 Å². The summed E-state index contributed by atoms with van der Waals surface area (Å²) in [4.78, 5) is 27.5. The third-order valence-electron chi connectivity index (χ3n) is 4.88. The number of rotatable bonds is 8. The van der Waals surface area contributed by atoms with Crippen LogP contribution in [0.2, 0.25) is 0 Å². The minimum atomic E-state index is 0.0776. The normalized spacial score (nSPS) is 23.5. The zero-order valence-corrected chi connectivity index (χ0v) is 15.7. The van der Waals surface area contributed by atoms with Gasteiger partial charge in [-0.15, -0.1) is 0 Å². The van der Waals surface area contributed by atoms with E-state index in [1.165, 1.54) is 12.8 Å². The van der Waals surface area contributed by atoms with E-state index in [1.807, 2.05) is 18.7 Å². The molecule has 0 N–H and O–H groups in total.